The Kier molecular flexibility index (Phi) is 4.09. The second-order valence-electron chi connectivity index (χ2n) is 5.74. The maximum absolute atomic E-state index is 10.6. The molecule has 0 aliphatic rings. The maximum Gasteiger partial charge on any atom is 0.303 e. The van der Waals surface area contributed by atoms with E-state index in [-0.39, 0.29) is 11.8 Å². The minimum absolute atomic E-state index is 0.0154. The van der Waals surface area contributed by atoms with Gasteiger partial charge in [0.05, 0.1) is 23.9 Å². The molecule has 0 atom stereocenters. The molecule has 0 bridgehead atoms. The highest BCUT2D eigenvalue weighted by Gasteiger charge is 2.23. The molecule has 0 saturated heterocycles. The fourth-order valence-corrected chi connectivity index (χ4v) is 3.09. The van der Waals surface area contributed by atoms with Crippen LogP contribution in [0.15, 0.2) is 11.6 Å². The van der Waals surface area contributed by atoms with Crippen molar-refractivity contribution in [2.75, 3.05) is 0 Å². The van der Waals surface area contributed by atoms with Crippen molar-refractivity contribution in [1.82, 2.24) is 15.0 Å². The number of hydrogen-bond acceptors (Lipinski definition) is 5. The topological polar surface area (TPSA) is 91.8 Å². The third-order valence-electron chi connectivity index (χ3n) is 3.04. The predicted molar refractivity (Wildman–Crippen MR) is 78.6 cm³/mol. The van der Waals surface area contributed by atoms with Gasteiger partial charge < -0.3 is 5.11 Å². The summed E-state index contributed by atoms with van der Waals surface area (Å²) in [5.41, 5.74) is 2.06. The van der Waals surface area contributed by atoms with Crippen molar-refractivity contribution >= 4 is 17.3 Å². The number of nitriles is 1. The molecule has 2 aromatic rings. The first-order valence-electron chi connectivity index (χ1n) is 6.48. The molecular weight excluding hydrogens is 288 g/mol. The molecule has 1 N–H and O–H groups in total. The number of carboxylic acids is 1. The summed E-state index contributed by atoms with van der Waals surface area (Å²) in [6.45, 7) is 6.16. The van der Waals surface area contributed by atoms with Gasteiger partial charge in [0.1, 0.15) is 11.1 Å². The van der Waals surface area contributed by atoms with Gasteiger partial charge in [-0.15, -0.1) is 16.4 Å². The lowest BCUT2D eigenvalue weighted by Crippen LogP contribution is -2.12. The quantitative estimate of drug-likeness (QED) is 0.937. The number of hydrogen-bond donors (Lipinski definition) is 1. The molecule has 0 aliphatic carbocycles. The van der Waals surface area contributed by atoms with E-state index >= 15 is 0 Å². The summed E-state index contributed by atoms with van der Waals surface area (Å²) < 4.78 is 1.55. The molecule has 0 amide bonds. The summed E-state index contributed by atoms with van der Waals surface area (Å²) in [4.78, 5) is 10.6. The van der Waals surface area contributed by atoms with E-state index < -0.39 is 5.97 Å². The number of thiophene rings is 1. The van der Waals surface area contributed by atoms with Crippen molar-refractivity contribution < 1.29 is 9.90 Å². The van der Waals surface area contributed by atoms with Crippen molar-refractivity contribution in [3.63, 3.8) is 0 Å². The van der Waals surface area contributed by atoms with Crippen molar-refractivity contribution in [1.29, 1.82) is 5.26 Å². The molecule has 110 valence electrons. The lowest BCUT2D eigenvalue weighted by molar-refractivity contribution is -0.136. The van der Waals surface area contributed by atoms with Gasteiger partial charge in [0.25, 0.3) is 0 Å². The summed E-state index contributed by atoms with van der Waals surface area (Å²) in [5, 5.41) is 28.7. The van der Waals surface area contributed by atoms with E-state index in [4.69, 9.17) is 5.11 Å². The number of carbonyl (C=O) groups is 1. The van der Waals surface area contributed by atoms with Crippen LogP contribution in [0, 0.1) is 11.3 Å². The average Bonchev–Trinajstić information content (AvgIpc) is 3.01. The molecule has 2 aromatic heterocycles. The Morgan fingerprint density at radius 1 is 1.52 bits per heavy atom. The number of aromatic nitrogens is 3. The molecule has 0 aliphatic heterocycles. The van der Waals surface area contributed by atoms with Gasteiger partial charge in [-0.1, -0.05) is 26.0 Å². The summed E-state index contributed by atoms with van der Waals surface area (Å²) in [6, 6.07) is 2.24. The van der Waals surface area contributed by atoms with Crippen molar-refractivity contribution in [3.05, 3.63) is 28.4 Å². The molecule has 0 saturated carbocycles. The fraction of sp³-hybridized carbons (Fsp3) is 0.429. The average molecular weight is 304 g/mol. The molecule has 0 unspecified atom stereocenters. The highest BCUT2D eigenvalue weighted by molar-refractivity contribution is 7.13. The Labute approximate surface area is 126 Å². The molecule has 2 rings (SSSR count). The largest absolute Gasteiger partial charge is 0.481 e. The minimum Gasteiger partial charge on any atom is -0.481 e. The molecule has 2 heterocycles. The van der Waals surface area contributed by atoms with Crippen LogP contribution >= 0.6 is 11.3 Å². The van der Waals surface area contributed by atoms with Crippen LogP contribution in [-0.4, -0.2) is 26.1 Å². The number of nitrogens with zero attached hydrogens (tertiary/aromatic N) is 4. The van der Waals surface area contributed by atoms with Gasteiger partial charge in [0, 0.05) is 6.42 Å². The molecule has 0 aromatic carbocycles. The van der Waals surface area contributed by atoms with Crippen LogP contribution in [0.25, 0.3) is 5.00 Å². The van der Waals surface area contributed by atoms with E-state index in [0.29, 0.717) is 17.7 Å². The first-order valence-corrected chi connectivity index (χ1v) is 7.36. The normalized spacial score (nSPS) is 11.3. The van der Waals surface area contributed by atoms with Crippen LogP contribution in [-0.2, 0) is 16.6 Å². The predicted octanol–water partition coefficient (Wildman–Crippen LogP) is 2.52. The van der Waals surface area contributed by atoms with Gasteiger partial charge in [-0.2, -0.15) is 5.26 Å². The van der Waals surface area contributed by atoms with E-state index in [1.54, 1.807) is 10.9 Å². The molecule has 6 nitrogen and oxygen atoms in total. The second kappa shape index (κ2) is 5.66. The maximum atomic E-state index is 10.6. The van der Waals surface area contributed by atoms with E-state index in [1.807, 2.05) is 5.38 Å². The van der Waals surface area contributed by atoms with E-state index in [2.05, 4.69) is 37.2 Å². The van der Waals surface area contributed by atoms with Gasteiger partial charge in [-0.05, 0) is 16.4 Å². The number of rotatable bonds is 4. The number of aliphatic carboxylic acids is 1. The molecule has 0 spiro atoms. The van der Waals surface area contributed by atoms with Crippen LogP contribution in [0.2, 0.25) is 0 Å². The van der Waals surface area contributed by atoms with E-state index in [1.165, 1.54) is 11.3 Å². The SMILES string of the molecule is CC(C)(C)c1csc(-n2cc(CCC(=O)O)nn2)c1C#N. The number of aryl methyl sites for hydroxylation is 1. The number of carboxylic acid groups (broad SMARTS) is 1. The summed E-state index contributed by atoms with van der Waals surface area (Å²) in [5.74, 6) is -0.867. The third-order valence-corrected chi connectivity index (χ3v) is 4.00. The molecule has 7 heteroatoms. The Morgan fingerprint density at radius 2 is 2.24 bits per heavy atom. The zero-order valence-electron chi connectivity index (χ0n) is 12.1. The van der Waals surface area contributed by atoms with Crippen LogP contribution in [0.3, 0.4) is 0 Å². The van der Waals surface area contributed by atoms with Gasteiger partial charge >= 0.3 is 5.97 Å². The Bertz CT molecular complexity index is 703. The second-order valence-corrected chi connectivity index (χ2v) is 6.60. The lowest BCUT2D eigenvalue weighted by Gasteiger charge is -2.17. The summed E-state index contributed by atoms with van der Waals surface area (Å²) in [7, 11) is 0. The molecular formula is C14H16N4O2S. The monoisotopic (exact) mass is 304 g/mol. The van der Waals surface area contributed by atoms with Crippen LogP contribution < -0.4 is 0 Å². The lowest BCUT2D eigenvalue weighted by atomic mass is 9.86. The van der Waals surface area contributed by atoms with E-state index in [0.717, 1.165) is 10.6 Å². The van der Waals surface area contributed by atoms with Gasteiger partial charge in [0.15, 0.2) is 0 Å². The van der Waals surface area contributed by atoms with Crippen molar-refractivity contribution in [2.45, 2.75) is 39.0 Å². The van der Waals surface area contributed by atoms with Gasteiger partial charge in [0.2, 0.25) is 0 Å². The molecule has 0 radical (unpaired) electrons. The highest BCUT2D eigenvalue weighted by atomic mass is 32.1. The third kappa shape index (κ3) is 3.28. The summed E-state index contributed by atoms with van der Waals surface area (Å²) in [6.07, 6.45) is 2.03. The Hall–Kier alpha value is -2.20. The first-order chi connectivity index (χ1) is 9.82. The zero-order chi connectivity index (χ0) is 15.6. The fourth-order valence-electron chi connectivity index (χ4n) is 1.92. The molecule has 21 heavy (non-hydrogen) atoms. The Balaban J connectivity index is 2.33. The minimum atomic E-state index is -0.867. The van der Waals surface area contributed by atoms with Gasteiger partial charge in [-0.3, -0.25) is 4.79 Å². The Morgan fingerprint density at radius 3 is 2.81 bits per heavy atom. The highest BCUT2D eigenvalue weighted by Crippen LogP contribution is 2.34. The van der Waals surface area contributed by atoms with Crippen molar-refractivity contribution in [3.8, 4) is 11.1 Å². The van der Waals surface area contributed by atoms with Crippen LogP contribution in [0.5, 0.6) is 0 Å². The molecule has 0 fully saturated rings. The van der Waals surface area contributed by atoms with Crippen LogP contribution in [0.1, 0.15) is 44.0 Å². The standard InChI is InChI=1S/C14H16N4O2S/c1-14(2,3)11-8-21-13(10(11)6-15)18-7-9(16-17-18)4-5-12(19)20/h7-8H,4-5H2,1-3H3,(H,19,20). The van der Waals surface area contributed by atoms with Crippen molar-refractivity contribution in [2.24, 2.45) is 0 Å². The summed E-state index contributed by atoms with van der Waals surface area (Å²) >= 11 is 1.44. The zero-order valence-corrected chi connectivity index (χ0v) is 12.9. The van der Waals surface area contributed by atoms with Crippen LogP contribution in [0.4, 0.5) is 0 Å². The van der Waals surface area contributed by atoms with Gasteiger partial charge in [-0.25, -0.2) is 4.68 Å². The van der Waals surface area contributed by atoms with E-state index in [9.17, 15) is 10.1 Å². The first kappa shape index (κ1) is 15.2. The smallest absolute Gasteiger partial charge is 0.303 e.